The second-order valence-corrected chi connectivity index (χ2v) is 12.6. The summed E-state index contributed by atoms with van der Waals surface area (Å²) in [4.78, 5) is 0. The van der Waals surface area contributed by atoms with E-state index < -0.39 is 0 Å². The summed E-state index contributed by atoms with van der Waals surface area (Å²) in [5.41, 5.74) is 10.2. The molecule has 0 aromatic heterocycles. The summed E-state index contributed by atoms with van der Waals surface area (Å²) in [5.74, 6) is 0. The molecule has 9 rings (SSSR count). The number of hydrogen-bond acceptors (Lipinski definition) is 0. The first-order chi connectivity index (χ1) is 23.6. The van der Waals surface area contributed by atoms with Gasteiger partial charge in [-0.15, -0.1) is 0 Å². The Morgan fingerprint density at radius 2 is 0.792 bits per heavy atom. The van der Waals surface area contributed by atoms with Gasteiger partial charge in [0.05, 0.1) is 0 Å². The summed E-state index contributed by atoms with van der Waals surface area (Å²) >= 11 is 0. The van der Waals surface area contributed by atoms with Crippen LogP contribution in [0.1, 0.15) is 25.0 Å². The second kappa shape index (κ2) is 12.1. The molecule has 0 unspecified atom stereocenters. The first-order valence-electron chi connectivity index (χ1n) is 17.1. The summed E-state index contributed by atoms with van der Waals surface area (Å²) in [7, 11) is 0. The molecule has 230 valence electrons. The Labute approximate surface area is 282 Å². The van der Waals surface area contributed by atoms with Gasteiger partial charge in [0.25, 0.3) is 0 Å². The molecule has 0 nitrogen and oxygen atoms in total. The third kappa shape index (κ3) is 4.84. The van der Waals surface area contributed by atoms with Crippen molar-refractivity contribution in [3.05, 3.63) is 169 Å². The molecular formula is C48H38. The smallest absolute Gasteiger partial charge is 0.00697 e. The minimum atomic E-state index is 1.23. The predicted octanol–water partition coefficient (Wildman–Crippen LogP) is 14.1. The van der Waals surface area contributed by atoms with Crippen LogP contribution in [-0.2, 0) is 0 Å². The molecule has 0 saturated heterocycles. The minimum absolute atomic E-state index is 1.23. The Balaban J connectivity index is 0.00000165. The minimum Gasteiger partial charge on any atom is -0.0683 e. The SMILES string of the molecule is CC.Cc1ccccc1-c1ccc2ccc3ccc(-c4cccc(-c5ccc6c7ccccc7c7ccccc7c6c5)c4)cc3c2c1C. The van der Waals surface area contributed by atoms with Crippen LogP contribution < -0.4 is 0 Å². The molecule has 48 heavy (non-hydrogen) atoms. The number of rotatable bonds is 3. The fourth-order valence-corrected chi connectivity index (χ4v) is 7.64. The number of hydrogen-bond donors (Lipinski definition) is 0. The quantitative estimate of drug-likeness (QED) is 0.174. The predicted molar refractivity (Wildman–Crippen MR) is 211 cm³/mol. The first-order valence-corrected chi connectivity index (χ1v) is 17.1. The lowest BCUT2D eigenvalue weighted by atomic mass is 9.89. The summed E-state index contributed by atoms with van der Waals surface area (Å²) in [6.45, 7) is 8.48. The van der Waals surface area contributed by atoms with Gasteiger partial charge in [0.15, 0.2) is 0 Å². The van der Waals surface area contributed by atoms with Crippen molar-refractivity contribution in [3.8, 4) is 33.4 Å². The van der Waals surface area contributed by atoms with Crippen molar-refractivity contribution >= 4 is 53.9 Å². The van der Waals surface area contributed by atoms with Gasteiger partial charge in [0, 0.05) is 0 Å². The average Bonchev–Trinajstić information content (AvgIpc) is 3.16. The molecule has 0 bridgehead atoms. The molecule has 0 atom stereocenters. The standard InChI is InChI=1S/C46H32.C2H6/c1-29-10-3-4-13-37(29)38-24-22-32-20-18-31-19-21-35(27-44(31)46(32)30(38)2)33-11-9-12-34(26-33)36-23-25-43-41-16-6-5-14-39(41)40-15-7-8-17-42(40)45(43)28-36;1-2/h3-28H,1-2H3;1-2H3. The highest BCUT2D eigenvalue weighted by molar-refractivity contribution is 6.25. The average molecular weight is 615 g/mol. The van der Waals surface area contributed by atoms with Gasteiger partial charge in [-0.3, -0.25) is 0 Å². The van der Waals surface area contributed by atoms with Gasteiger partial charge in [-0.2, -0.15) is 0 Å². The third-order valence-electron chi connectivity index (χ3n) is 9.97. The molecule has 0 spiro atoms. The Kier molecular flexibility index (Phi) is 7.50. The summed E-state index contributed by atoms with van der Waals surface area (Å²) in [5, 5.41) is 13.0. The van der Waals surface area contributed by atoms with Crippen molar-refractivity contribution in [2.45, 2.75) is 27.7 Å². The van der Waals surface area contributed by atoms with Crippen LogP contribution in [0.3, 0.4) is 0 Å². The zero-order chi connectivity index (χ0) is 32.8. The van der Waals surface area contributed by atoms with Crippen LogP contribution in [0.2, 0.25) is 0 Å². The van der Waals surface area contributed by atoms with Gasteiger partial charge in [-0.25, -0.2) is 0 Å². The Morgan fingerprint density at radius 1 is 0.312 bits per heavy atom. The molecule has 0 radical (unpaired) electrons. The molecule has 9 aromatic carbocycles. The zero-order valence-corrected chi connectivity index (χ0v) is 28.0. The van der Waals surface area contributed by atoms with Gasteiger partial charge in [-0.05, 0) is 130 Å². The second-order valence-electron chi connectivity index (χ2n) is 12.6. The largest absolute Gasteiger partial charge is 0.0683 e. The van der Waals surface area contributed by atoms with Gasteiger partial charge >= 0.3 is 0 Å². The lowest BCUT2D eigenvalue weighted by Gasteiger charge is -2.15. The normalized spacial score (nSPS) is 11.3. The van der Waals surface area contributed by atoms with E-state index in [2.05, 4.69) is 172 Å². The lowest BCUT2D eigenvalue weighted by Crippen LogP contribution is -1.90. The lowest BCUT2D eigenvalue weighted by molar-refractivity contribution is 1.43. The van der Waals surface area contributed by atoms with E-state index in [9.17, 15) is 0 Å². The molecule has 9 aromatic rings. The van der Waals surface area contributed by atoms with Crippen molar-refractivity contribution in [2.24, 2.45) is 0 Å². The van der Waals surface area contributed by atoms with E-state index in [1.54, 1.807) is 0 Å². The zero-order valence-electron chi connectivity index (χ0n) is 28.0. The van der Waals surface area contributed by atoms with Gasteiger partial charge < -0.3 is 0 Å². The Morgan fingerprint density at radius 3 is 1.46 bits per heavy atom. The summed E-state index contributed by atoms with van der Waals surface area (Å²) in [6, 6.07) is 58.3. The van der Waals surface area contributed by atoms with Crippen molar-refractivity contribution in [2.75, 3.05) is 0 Å². The third-order valence-corrected chi connectivity index (χ3v) is 9.97. The van der Waals surface area contributed by atoms with E-state index in [-0.39, 0.29) is 0 Å². The van der Waals surface area contributed by atoms with Gasteiger partial charge in [0.1, 0.15) is 0 Å². The molecular weight excluding hydrogens is 577 g/mol. The fourth-order valence-electron chi connectivity index (χ4n) is 7.64. The van der Waals surface area contributed by atoms with Crippen molar-refractivity contribution in [3.63, 3.8) is 0 Å². The van der Waals surface area contributed by atoms with Crippen LogP contribution in [0.5, 0.6) is 0 Å². The number of fused-ring (bicyclic) bond motifs is 9. The van der Waals surface area contributed by atoms with E-state index in [4.69, 9.17) is 0 Å². The fraction of sp³-hybridized carbons (Fsp3) is 0.0833. The molecule has 0 heteroatoms. The maximum absolute atomic E-state index is 2.39. The monoisotopic (exact) mass is 614 g/mol. The molecule has 0 aliphatic rings. The molecule has 0 amide bonds. The van der Waals surface area contributed by atoms with E-state index in [0.29, 0.717) is 0 Å². The van der Waals surface area contributed by atoms with Crippen LogP contribution in [0.25, 0.3) is 87.2 Å². The Hall–Kier alpha value is -5.72. The highest BCUT2D eigenvalue weighted by atomic mass is 14.2. The molecule has 0 aliphatic heterocycles. The van der Waals surface area contributed by atoms with E-state index in [1.807, 2.05) is 13.8 Å². The maximum Gasteiger partial charge on any atom is -0.00697 e. The van der Waals surface area contributed by atoms with Crippen molar-refractivity contribution in [1.29, 1.82) is 0 Å². The summed E-state index contributed by atoms with van der Waals surface area (Å²) < 4.78 is 0. The van der Waals surface area contributed by atoms with Crippen molar-refractivity contribution < 1.29 is 0 Å². The van der Waals surface area contributed by atoms with E-state index >= 15 is 0 Å². The molecule has 0 aliphatic carbocycles. The van der Waals surface area contributed by atoms with E-state index in [0.717, 1.165) is 0 Å². The first kappa shape index (κ1) is 29.7. The highest BCUT2D eigenvalue weighted by Crippen LogP contribution is 2.39. The number of aryl methyl sites for hydroxylation is 2. The highest BCUT2D eigenvalue weighted by Gasteiger charge is 2.13. The Bertz CT molecular complexity index is 2620. The van der Waals surface area contributed by atoms with Crippen LogP contribution in [0, 0.1) is 13.8 Å². The maximum atomic E-state index is 2.39. The van der Waals surface area contributed by atoms with Crippen LogP contribution >= 0.6 is 0 Å². The summed E-state index contributed by atoms with van der Waals surface area (Å²) in [6.07, 6.45) is 0. The van der Waals surface area contributed by atoms with E-state index in [1.165, 1.54) is 98.4 Å². The molecule has 0 N–H and O–H groups in total. The topological polar surface area (TPSA) is 0 Å². The molecule has 0 saturated carbocycles. The molecule has 0 fully saturated rings. The van der Waals surface area contributed by atoms with Gasteiger partial charge in [-0.1, -0.05) is 153 Å². The van der Waals surface area contributed by atoms with Crippen LogP contribution in [0.4, 0.5) is 0 Å². The van der Waals surface area contributed by atoms with Crippen molar-refractivity contribution in [1.82, 2.24) is 0 Å². The van der Waals surface area contributed by atoms with Crippen LogP contribution in [0.15, 0.2) is 158 Å². The van der Waals surface area contributed by atoms with Crippen LogP contribution in [-0.4, -0.2) is 0 Å². The molecule has 0 heterocycles. The number of benzene rings is 9. The van der Waals surface area contributed by atoms with Gasteiger partial charge in [0.2, 0.25) is 0 Å².